The SMILES string of the molecule is Cc1ccc(-n2nccn2)c(C(=O)N2C3C[C@H](C[C@H]3Nc3cnc(C(F)(F)F)cn3)[C@@H]2C)n1. The Morgan fingerprint density at radius 3 is 2.52 bits per heavy atom. The van der Waals surface area contributed by atoms with Crippen LogP contribution in [0.15, 0.2) is 36.9 Å². The van der Waals surface area contributed by atoms with Crippen molar-refractivity contribution in [2.24, 2.45) is 5.92 Å². The summed E-state index contributed by atoms with van der Waals surface area (Å²) in [7, 11) is 0. The lowest BCUT2D eigenvalue weighted by atomic mass is 9.97. The minimum Gasteiger partial charge on any atom is -0.364 e. The van der Waals surface area contributed by atoms with Gasteiger partial charge < -0.3 is 10.2 Å². The second-order valence-corrected chi connectivity index (χ2v) is 8.43. The van der Waals surface area contributed by atoms with Gasteiger partial charge in [0.2, 0.25) is 0 Å². The number of alkyl halides is 3. The Kier molecular flexibility index (Phi) is 5.02. The van der Waals surface area contributed by atoms with Crippen LogP contribution in [0, 0.1) is 12.8 Å². The molecule has 0 aromatic carbocycles. The molecule has 2 bridgehead atoms. The van der Waals surface area contributed by atoms with E-state index >= 15 is 0 Å². The monoisotopic (exact) mass is 458 g/mol. The van der Waals surface area contributed by atoms with Gasteiger partial charge in [-0.15, -0.1) is 4.80 Å². The molecule has 1 saturated heterocycles. The number of aryl methyl sites for hydroxylation is 1. The summed E-state index contributed by atoms with van der Waals surface area (Å²) in [6.07, 6.45) is 1.87. The molecule has 33 heavy (non-hydrogen) atoms. The van der Waals surface area contributed by atoms with Crippen molar-refractivity contribution in [3.8, 4) is 5.69 Å². The third-order valence-electron chi connectivity index (χ3n) is 6.40. The summed E-state index contributed by atoms with van der Waals surface area (Å²) in [6.45, 7) is 3.82. The van der Waals surface area contributed by atoms with E-state index in [1.165, 1.54) is 17.2 Å². The van der Waals surface area contributed by atoms with E-state index in [-0.39, 0.29) is 41.5 Å². The normalized spacial score (nSPS) is 24.3. The lowest BCUT2D eigenvalue weighted by Crippen LogP contribution is -2.52. The predicted octanol–water partition coefficient (Wildman–Crippen LogP) is 2.88. The van der Waals surface area contributed by atoms with E-state index in [0.717, 1.165) is 19.0 Å². The Hall–Kier alpha value is -3.57. The van der Waals surface area contributed by atoms with Crippen molar-refractivity contribution in [3.05, 3.63) is 54.0 Å². The van der Waals surface area contributed by atoms with Gasteiger partial charge in [0.25, 0.3) is 5.91 Å². The zero-order valence-corrected chi connectivity index (χ0v) is 17.9. The number of carbonyl (C=O) groups is 1. The van der Waals surface area contributed by atoms with Crippen molar-refractivity contribution in [2.75, 3.05) is 5.32 Å². The fraction of sp³-hybridized carbons (Fsp3) is 0.429. The Bertz CT molecular complexity index is 1170. The van der Waals surface area contributed by atoms with Crippen molar-refractivity contribution in [1.82, 2.24) is 34.8 Å². The van der Waals surface area contributed by atoms with E-state index in [2.05, 4.69) is 30.5 Å². The molecule has 3 aromatic heterocycles. The summed E-state index contributed by atoms with van der Waals surface area (Å²) in [6, 6.07) is 3.25. The number of hydrogen-bond acceptors (Lipinski definition) is 7. The first kappa shape index (κ1) is 21.3. The van der Waals surface area contributed by atoms with E-state index in [1.807, 2.05) is 18.7 Å². The van der Waals surface area contributed by atoms with Crippen LogP contribution in [0.1, 0.15) is 41.6 Å². The highest BCUT2D eigenvalue weighted by atomic mass is 19.4. The first-order valence-corrected chi connectivity index (χ1v) is 10.5. The van der Waals surface area contributed by atoms with Crippen molar-refractivity contribution in [1.29, 1.82) is 0 Å². The number of halogens is 3. The van der Waals surface area contributed by atoms with Crippen molar-refractivity contribution in [3.63, 3.8) is 0 Å². The molecule has 2 fully saturated rings. The molecule has 1 amide bonds. The van der Waals surface area contributed by atoms with Crippen molar-refractivity contribution >= 4 is 11.7 Å². The zero-order chi connectivity index (χ0) is 23.3. The number of rotatable bonds is 4. The smallest absolute Gasteiger partial charge is 0.364 e. The quantitative estimate of drug-likeness (QED) is 0.642. The summed E-state index contributed by atoms with van der Waals surface area (Å²) >= 11 is 0. The van der Waals surface area contributed by atoms with Gasteiger partial charge in [0, 0.05) is 17.8 Å². The summed E-state index contributed by atoms with van der Waals surface area (Å²) in [5.41, 5.74) is 0.403. The van der Waals surface area contributed by atoms with Crippen LogP contribution in [-0.4, -0.2) is 58.9 Å². The van der Waals surface area contributed by atoms with Gasteiger partial charge in [-0.1, -0.05) is 0 Å². The Balaban J connectivity index is 1.40. The zero-order valence-electron chi connectivity index (χ0n) is 17.9. The van der Waals surface area contributed by atoms with Gasteiger partial charge in [-0.25, -0.2) is 15.0 Å². The van der Waals surface area contributed by atoms with Crippen LogP contribution in [0.3, 0.4) is 0 Å². The number of amides is 1. The van der Waals surface area contributed by atoms with E-state index < -0.39 is 11.9 Å². The number of likely N-dealkylation sites (tertiary alicyclic amines) is 1. The van der Waals surface area contributed by atoms with E-state index in [4.69, 9.17) is 0 Å². The second kappa shape index (κ2) is 7.78. The number of aromatic nitrogens is 6. The molecule has 0 radical (unpaired) electrons. The average Bonchev–Trinajstić information content (AvgIpc) is 3.50. The minimum absolute atomic E-state index is 0.0000163. The Morgan fingerprint density at radius 2 is 1.88 bits per heavy atom. The molecule has 1 aliphatic heterocycles. The van der Waals surface area contributed by atoms with Crippen molar-refractivity contribution in [2.45, 2.75) is 51.0 Å². The highest BCUT2D eigenvalue weighted by Gasteiger charge is 2.52. The topological polar surface area (TPSA) is 102 Å². The number of piperidine rings is 1. The number of fused-ring (bicyclic) bond motifs is 2. The summed E-state index contributed by atoms with van der Waals surface area (Å²) < 4.78 is 38.3. The number of nitrogens with zero attached hydrogens (tertiary/aromatic N) is 7. The molecule has 0 spiro atoms. The lowest BCUT2D eigenvalue weighted by molar-refractivity contribution is -0.141. The van der Waals surface area contributed by atoms with Gasteiger partial charge in [-0.3, -0.25) is 4.79 Å². The van der Waals surface area contributed by atoms with Gasteiger partial charge in [-0.2, -0.15) is 23.4 Å². The van der Waals surface area contributed by atoms with E-state index in [9.17, 15) is 18.0 Å². The Morgan fingerprint density at radius 1 is 1.12 bits per heavy atom. The molecular formula is C21H21F3N8O. The van der Waals surface area contributed by atoms with E-state index in [1.54, 1.807) is 12.1 Å². The molecule has 9 nitrogen and oxygen atoms in total. The summed E-state index contributed by atoms with van der Waals surface area (Å²) in [5, 5.41) is 11.4. The summed E-state index contributed by atoms with van der Waals surface area (Å²) in [4.78, 5) is 28.7. The largest absolute Gasteiger partial charge is 0.434 e. The standard InChI is InChI=1S/C21H21F3N8O/c1-11-3-4-15(32-27-5-6-28-32)19(29-11)20(33)31-12(2)13-7-14(16(31)8-13)30-18-10-25-17(9-26-18)21(22,23)24/h3-6,9-10,12-14,16H,7-8H2,1-2H3,(H,26,30)/t12-,13-,14+,16?/m0/s1. The molecule has 2 aliphatic rings. The molecule has 172 valence electrons. The van der Waals surface area contributed by atoms with Crippen molar-refractivity contribution < 1.29 is 18.0 Å². The second-order valence-electron chi connectivity index (χ2n) is 8.43. The first-order valence-electron chi connectivity index (χ1n) is 10.5. The van der Waals surface area contributed by atoms with Gasteiger partial charge in [0.05, 0.1) is 30.8 Å². The fourth-order valence-electron chi connectivity index (χ4n) is 4.84. The van der Waals surface area contributed by atoms with Crippen LogP contribution >= 0.6 is 0 Å². The number of anilines is 1. The van der Waals surface area contributed by atoms with Crippen LogP contribution in [0.25, 0.3) is 5.69 Å². The van der Waals surface area contributed by atoms with E-state index in [0.29, 0.717) is 17.6 Å². The average molecular weight is 458 g/mol. The molecule has 12 heteroatoms. The van der Waals surface area contributed by atoms with Gasteiger partial charge in [0.15, 0.2) is 11.4 Å². The number of hydrogen-bond donors (Lipinski definition) is 1. The first-order chi connectivity index (χ1) is 15.7. The van der Waals surface area contributed by atoms with Gasteiger partial charge >= 0.3 is 6.18 Å². The predicted molar refractivity (Wildman–Crippen MR) is 110 cm³/mol. The van der Waals surface area contributed by atoms with Crippen LogP contribution in [-0.2, 0) is 6.18 Å². The van der Waals surface area contributed by atoms with Crippen LogP contribution < -0.4 is 5.32 Å². The third kappa shape index (κ3) is 3.79. The molecule has 1 aliphatic carbocycles. The highest BCUT2D eigenvalue weighted by Crippen LogP contribution is 2.44. The fourth-order valence-corrected chi connectivity index (χ4v) is 4.84. The molecule has 5 rings (SSSR count). The number of nitrogens with one attached hydrogen (secondary N) is 1. The molecular weight excluding hydrogens is 437 g/mol. The Labute approximate surface area is 187 Å². The highest BCUT2D eigenvalue weighted by molar-refractivity contribution is 5.96. The number of carbonyl (C=O) groups excluding carboxylic acids is 1. The molecule has 1 saturated carbocycles. The maximum absolute atomic E-state index is 13.7. The van der Waals surface area contributed by atoms with Crippen LogP contribution in [0.2, 0.25) is 0 Å². The molecule has 4 heterocycles. The maximum Gasteiger partial charge on any atom is 0.434 e. The van der Waals surface area contributed by atoms with Crippen LogP contribution in [0.5, 0.6) is 0 Å². The minimum atomic E-state index is -4.54. The molecule has 3 aromatic rings. The maximum atomic E-state index is 13.7. The van der Waals surface area contributed by atoms with Gasteiger partial charge in [-0.05, 0) is 44.7 Å². The van der Waals surface area contributed by atoms with Crippen LogP contribution in [0.4, 0.5) is 19.0 Å². The third-order valence-corrected chi connectivity index (χ3v) is 6.40. The number of pyridine rings is 1. The molecule has 1 N–H and O–H groups in total. The lowest BCUT2D eigenvalue weighted by Gasteiger charge is -2.38. The molecule has 1 unspecified atom stereocenters. The van der Waals surface area contributed by atoms with Gasteiger partial charge in [0.1, 0.15) is 11.5 Å². The summed E-state index contributed by atoms with van der Waals surface area (Å²) in [5.74, 6) is 0.279. The molecule has 4 atom stereocenters.